The Bertz CT molecular complexity index is 785. The second-order valence-electron chi connectivity index (χ2n) is 6.09. The number of ether oxygens (including phenoxy) is 1. The molecule has 2 N–H and O–H groups in total. The zero-order chi connectivity index (χ0) is 18.6. The van der Waals surface area contributed by atoms with Crippen molar-refractivity contribution >= 4 is 17.3 Å². The molecule has 0 spiro atoms. The zero-order valence-electron chi connectivity index (χ0n) is 14.3. The first kappa shape index (κ1) is 18.4. The van der Waals surface area contributed by atoms with Crippen LogP contribution < -0.4 is 10.1 Å². The number of nitrogens with zero attached hydrogens (tertiary/aromatic N) is 1. The molecular weight excluding hydrogens is 324 g/mol. The molecule has 0 bridgehead atoms. The Morgan fingerprint density at radius 2 is 1.88 bits per heavy atom. The van der Waals surface area contributed by atoms with E-state index in [1.165, 1.54) is 25.1 Å². The number of hydrogen-bond acceptors (Lipinski definition) is 5. The van der Waals surface area contributed by atoms with E-state index in [0.717, 1.165) is 5.56 Å². The summed E-state index contributed by atoms with van der Waals surface area (Å²) in [6.45, 7) is 4.63. The van der Waals surface area contributed by atoms with E-state index in [-0.39, 0.29) is 12.3 Å². The fourth-order valence-electron chi connectivity index (χ4n) is 2.13. The number of hydrogen-bond donors (Lipinski definition) is 2. The highest BCUT2D eigenvalue weighted by Gasteiger charge is 2.31. The van der Waals surface area contributed by atoms with Crippen LogP contribution in [0.4, 0.5) is 11.4 Å². The number of nitro benzene ring substituents is 1. The zero-order valence-corrected chi connectivity index (χ0v) is 14.3. The molecule has 0 unspecified atom stereocenters. The van der Waals surface area contributed by atoms with Crippen molar-refractivity contribution in [1.29, 1.82) is 0 Å². The van der Waals surface area contributed by atoms with Gasteiger partial charge in [-0.3, -0.25) is 14.9 Å². The first-order valence-corrected chi connectivity index (χ1v) is 7.67. The van der Waals surface area contributed by atoms with Gasteiger partial charge in [-0.15, -0.1) is 0 Å². The summed E-state index contributed by atoms with van der Waals surface area (Å²) in [6.07, 6.45) is 0. The Morgan fingerprint density at radius 3 is 2.44 bits per heavy atom. The minimum atomic E-state index is -1.76. The van der Waals surface area contributed by atoms with Gasteiger partial charge in [-0.25, -0.2) is 0 Å². The van der Waals surface area contributed by atoms with Gasteiger partial charge in [0.2, 0.25) is 0 Å². The summed E-state index contributed by atoms with van der Waals surface area (Å²) in [6, 6.07) is 11.4. The summed E-state index contributed by atoms with van der Waals surface area (Å²) in [7, 11) is 0. The molecule has 0 heterocycles. The van der Waals surface area contributed by atoms with Gasteiger partial charge in [0.25, 0.3) is 11.6 Å². The van der Waals surface area contributed by atoms with E-state index in [1.807, 2.05) is 19.1 Å². The molecule has 0 saturated carbocycles. The Labute approximate surface area is 145 Å². The van der Waals surface area contributed by atoms with Crippen LogP contribution in [-0.4, -0.2) is 28.1 Å². The minimum absolute atomic E-state index is 0.0348. The van der Waals surface area contributed by atoms with Gasteiger partial charge in [-0.2, -0.15) is 0 Å². The smallest absolute Gasteiger partial charge is 0.272 e. The van der Waals surface area contributed by atoms with Crippen LogP contribution in [0, 0.1) is 24.0 Å². The van der Waals surface area contributed by atoms with Crippen molar-refractivity contribution in [2.75, 3.05) is 11.9 Å². The molecule has 1 amide bonds. The topological polar surface area (TPSA) is 102 Å². The second-order valence-corrected chi connectivity index (χ2v) is 6.09. The van der Waals surface area contributed by atoms with Gasteiger partial charge in [0.1, 0.15) is 12.4 Å². The van der Waals surface area contributed by atoms with Crippen LogP contribution in [-0.2, 0) is 4.79 Å². The quantitative estimate of drug-likeness (QED) is 0.619. The van der Waals surface area contributed by atoms with Crippen LogP contribution in [0.25, 0.3) is 0 Å². The highest BCUT2D eigenvalue weighted by Crippen LogP contribution is 2.22. The largest absolute Gasteiger partial charge is 0.490 e. The predicted octanol–water partition coefficient (Wildman–Crippen LogP) is 2.98. The summed E-state index contributed by atoms with van der Waals surface area (Å²) >= 11 is 0. The van der Waals surface area contributed by atoms with E-state index in [0.29, 0.717) is 17.0 Å². The van der Waals surface area contributed by atoms with Gasteiger partial charge < -0.3 is 15.2 Å². The third-order valence-corrected chi connectivity index (χ3v) is 3.68. The SMILES string of the molecule is Cc1ccc(OC[C@](C)(O)C(=O)Nc2ccc([N+](=O)[O-])c(C)c2)cc1. The van der Waals surface area contributed by atoms with E-state index < -0.39 is 16.4 Å². The number of amides is 1. The van der Waals surface area contributed by atoms with E-state index in [1.54, 1.807) is 19.1 Å². The van der Waals surface area contributed by atoms with Crippen LogP contribution in [0.5, 0.6) is 5.75 Å². The average Bonchev–Trinajstić information content (AvgIpc) is 2.54. The number of benzene rings is 2. The molecule has 0 aromatic heterocycles. The fraction of sp³-hybridized carbons (Fsp3) is 0.278. The van der Waals surface area contributed by atoms with Gasteiger partial charge in [0.05, 0.1) is 4.92 Å². The molecule has 2 rings (SSSR count). The number of anilines is 1. The lowest BCUT2D eigenvalue weighted by molar-refractivity contribution is -0.385. The maximum absolute atomic E-state index is 12.3. The highest BCUT2D eigenvalue weighted by atomic mass is 16.6. The van der Waals surface area contributed by atoms with Crippen molar-refractivity contribution in [1.82, 2.24) is 0 Å². The summed E-state index contributed by atoms with van der Waals surface area (Å²) in [5.74, 6) is -0.113. The maximum atomic E-state index is 12.3. The number of aryl methyl sites for hydroxylation is 2. The Balaban J connectivity index is 2.01. The van der Waals surface area contributed by atoms with Gasteiger partial charge >= 0.3 is 0 Å². The first-order valence-electron chi connectivity index (χ1n) is 7.67. The molecule has 0 saturated heterocycles. The van der Waals surface area contributed by atoms with E-state index in [4.69, 9.17) is 4.74 Å². The lowest BCUT2D eigenvalue weighted by Gasteiger charge is -2.22. The molecule has 25 heavy (non-hydrogen) atoms. The van der Waals surface area contributed by atoms with Crippen molar-refractivity contribution in [3.63, 3.8) is 0 Å². The fourth-order valence-corrected chi connectivity index (χ4v) is 2.13. The predicted molar refractivity (Wildman–Crippen MR) is 93.8 cm³/mol. The second kappa shape index (κ2) is 7.31. The molecule has 2 aromatic carbocycles. The van der Waals surface area contributed by atoms with Crippen LogP contribution in [0.15, 0.2) is 42.5 Å². The Morgan fingerprint density at radius 1 is 1.24 bits per heavy atom. The van der Waals surface area contributed by atoms with Crippen molar-refractivity contribution in [3.8, 4) is 5.75 Å². The molecule has 132 valence electrons. The monoisotopic (exact) mass is 344 g/mol. The summed E-state index contributed by atoms with van der Waals surface area (Å²) in [5, 5.41) is 23.7. The molecule has 7 nitrogen and oxygen atoms in total. The lowest BCUT2D eigenvalue weighted by atomic mass is 10.1. The van der Waals surface area contributed by atoms with Crippen LogP contribution in [0.2, 0.25) is 0 Å². The number of nitro groups is 1. The number of aliphatic hydroxyl groups is 1. The van der Waals surface area contributed by atoms with E-state index >= 15 is 0 Å². The third kappa shape index (κ3) is 4.77. The van der Waals surface area contributed by atoms with Gasteiger partial charge in [0.15, 0.2) is 5.60 Å². The Hall–Kier alpha value is -2.93. The minimum Gasteiger partial charge on any atom is -0.490 e. The molecule has 0 aliphatic heterocycles. The number of rotatable bonds is 6. The lowest BCUT2D eigenvalue weighted by Crippen LogP contribution is -2.45. The molecule has 7 heteroatoms. The van der Waals surface area contributed by atoms with Gasteiger partial charge in [-0.05, 0) is 45.0 Å². The first-order chi connectivity index (χ1) is 11.7. The van der Waals surface area contributed by atoms with Crippen molar-refractivity contribution in [2.24, 2.45) is 0 Å². The van der Waals surface area contributed by atoms with Crippen molar-refractivity contribution < 1.29 is 19.6 Å². The molecule has 0 fully saturated rings. The van der Waals surface area contributed by atoms with Crippen LogP contribution in [0.3, 0.4) is 0 Å². The van der Waals surface area contributed by atoms with Crippen molar-refractivity contribution in [3.05, 3.63) is 63.7 Å². The summed E-state index contributed by atoms with van der Waals surface area (Å²) < 4.78 is 5.46. The van der Waals surface area contributed by atoms with E-state index in [2.05, 4.69) is 5.32 Å². The standard InChI is InChI=1S/C18H20N2O5/c1-12-4-7-15(8-5-12)25-11-18(3,22)17(21)19-14-6-9-16(20(23)24)13(2)10-14/h4-10,22H,11H2,1-3H3,(H,19,21)/t18-/m0/s1. The molecular formula is C18H20N2O5. The van der Waals surface area contributed by atoms with Crippen LogP contribution >= 0.6 is 0 Å². The normalized spacial score (nSPS) is 13.0. The number of carbonyl (C=O) groups is 1. The van der Waals surface area contributed by atoms with Crippen molar-refractivity contribution in [2.45, 2.75) is 26.4 Å². The average molecular weight is 344 g/mol. The van der Waals surface area contributed by atoms with E-state index in [9.17, 15) is 20.0 Å². The van der Waals surface area contributed by atoms with Crippen LogP contribution in [0.1, 0.15) is 18.1 Å². The maximum Gasteiger partial charge on any atom is 0.272 e. The third-order valence-electron chi connectivity index (χ3n) is 3.68. The number of nitrogens with one attached hydrogen (secondary N) is 1. The molecule has 0 aliphatic rings. The van der Waals surface area contributed by atoms with Gasteiger partial charge in [0, 0.05) is 17.3 Å². The molecule has 0 aliphatic carbocycles. The summed E-state index contributed by atoms with van der Waals surface area (Å²) in [5.41, 5.74) is 0.0560. The molecule has 2 aromatic rings. The summed E-state index contributed by atoms with van der Waals surface area (Å²) in [4.78, 5) is 22.6. The Kier molecular flexibility index (Phi) is 5.38. The molecule has 1 atom stereocenters. The van der Waals surface area contributed by atoms with Gasteiger partial charge in [-0.1, -0.05) is 17.7 Å². The molecule has 0 radical (unpaired) electrons. The highest BCUT2D eigenvalue weighted by molar-refractivity contribution is 5.97. The number of carbonyl (C=O) groups excluding carboxylic acids is 1.